The summed E-state index contributed by atoms with van der Waals surface area (Å²) in [6.07, 6.45) is 3.06. The highest BCUT2D eigenvalue weighted by atomic mass is 16.4. The van der Waals surface area contributed by atoms with Crippen LogP contribution in [0.5, 0.6) is 0 Å². The minimum Gasteiger partial charge on any atom is -0.478 e. The van der Waals surface area contributed by atoms with E-state index in [1.165, 1.54) is 0 Å². The van der Waals surface area contributed by atoms with Gasteiger partial charge < -0.3 is 15.0 Å². The molecule has 1 amide bonds. The van der Waals surface area contributed by atoms with Crippen molar-refractivity contribution in [2.24, 2.45) is 5.92 Å². The zero-order chi connectivity index (χ0) is 19.5. The normalized spacial score (nSPS) is 16.3. The molecule has 1 aliphatic rings. The number of carbonyl (C=O) groups is 2. The van der Waals surface area contributed by atoms with Crippen LogP contribution in [0.25, 0.3) is 11.3 Å². The molecule has 2 aromatic carbocycles. The molecule has 4 rings (SSSR count). The molecule has 6 heteroatoms. The molecule has 0 radical (unpaired) electrons. The lowest BCUT2D eigenvalue weighted by atomic mass is 9.95. The summed E-state index contributed by atoms with van der Waals surface area (Å²) in [5.74, 6) is -0.732. The van der Waals surface area contributed by atoms with Crippen LogP contribution >= 0.6 is 0 Å². The van der Waals surface area contributed by atoms with E-state index in [0.29, 0.717) is 36.5 Å². The second-order valence-corrected chi connectivity index (χ2v) is 7.06. The van der Waals surface area contributed by atoms with E-state index in [-0.39, 0.29) is 11.8 Å². The first-order valence-electron chi connectivity index (χ1n) is 9.32. The average Bonchev–Trinajstić information content (AvgIpc) is 3.38. The third kappa shape index (κ3) is 3.53. The molecule has 1 aromatic heterocycles. The van der Waals surface area contributed by atoms with Gasteiger partial charge in [0.2, 0.25) is 0 Å². The summed E-state index contributed by atoms with van der Waals surface area (Å²) in [7, 11) is 0. The Morgan fingerprint density at radius 1 is 1.11 bits per heavy atom. The van der Waals surface area contributed by atoms with E-state index in [4.69, 9.17) is 0 Å². The molecule has 0 aliphatic carbocycles. The lowest BCUT2D eigenvalue weighted by Gasteiger charge is -2.17. The van der Waals surface area contributed by atoms with Gasteiger partial charge >= 0.3 is 5.97 Å². The molecule has 0 bridgehead atoms. The molecule has 142 valence electrons. The van der Waals surface area contributed by atoms with Crippen LogP contribution in [0.2, 0.25) is 0 Å². The topological polar surface area (TPSA) is 86.3 Å². The second-order valence-electron chi connectivity index (χ2n) is 7.06. The fourth-order valence-electron chi connectivity index (χ4n) is 3.83. The SMILES string of the molecule is O=C(O)c1ccccc1CC1CCN(C(=O)c2[nH]cnc2-c2ccccc2)C1. The zero-order valence-electron chi connectivity index (χ0n) is 15.3. The van der Waals surface area contributed by atoms with Crippen molar-refractivity contribution in [2.75, 3.05) is 13.1 Å². The zero-order valence-corrected chi connectivity index (χ0v) is 15.3. The number of hydrogen-bond acceptors (Lipinski definition) is 3. The number of aromatic nitrogens is 2. The molecule has 2 N–H and O–H groups in total. The Balaban J connectivity index is 1.48. The maximum atomic E-state index is 13.0. The van der Waals surface area contributed by atoms with Crippen LogP contribution in [-0.4, -0.2) is 44.9 Å². The summed E-state index contributed by atoms with van der Waals surface area (Å²) < 4.78 is 0. The van der Waals surface area contributed by atoms with E-state index in [1.54, 1.807) is 18.5 Å². The Morgan fingerprint density at radius 2 is 1.86 bits per heavy atom. The van der Waals surface area contributed by atoms with Gasteiger partial charge in [0.15, 0.2) is 0 Å². The standard InChI is InChI=1S/C22H21N3O3/c26-21(20-19(23-14-24-20)16-6-2-1-3-7-16)25-11-10-15(13-25)12-17-8-4-5-9-18(17)22(27)28/h1-9,14-15H,10-13H2,(H,23,24)(H,27,28). The molecule has 1 aliphatic heterocycles. The Labute approximate surface area is 162 Å². The first-order valence-corrected chi connectivity index (χ1v) is 9.32. The fourth-order valence-corrected chi connectivity index (χ4v) is 3.83. The van der Waals surface area contributed by atoms with Crippen molar-refractivity contribution in [2.45, 2.75) is 12.8 Å². The number of nitrogens with zero attached hydrogens (tertiary/aromatic N) is 2. The van der Waals surface area contributed by atoms with Crippen LogP contribution in [0.1, 0.15) is 32.8 Å². The number of amides is 1. The lowest BCUT2D eigenvalue weighted by Crippen LogP contribution is -2.29. The number of benzene rings is 2. The molecule has 1 unspecified atom stereocenters. The van der Waals surface area contributed by atoms with Crippen molar-refractivity contribution < 1.29 is 14.7 Å². The number of H-pyrrole nitrogens is 1. The number of nitrogens with one attached hydrogen (secondary N) is 1. The number of rotatable bonds is 5. The maximum absolute atomic E-state index is 13.0. The number of carboxylic acids is 1. The number of likely N-dealkylation sites (tertiary alicyclic amines) is 1. The van der Waals surface area contributed by atoms with Crippen LogP contribution in [0.3, 0.4) is 0 Å². The highest BCUT2D eigenvalue weighted by Gasteiger charge is 2.30. The molecular weight excluding hydrogens is 354 g/mol. The molecule has 28 heavy (non-hydrogen) atoms. The molecule has 0 saturated carbocycles. The minimum absolute atomic E-state index is 0.0645. The summed E-state index contributed by atoms with van der Waals surface area (Å²) in [4.78, 5) is 33.6. The van der Waals surface area contributed by atoms with E-state index in [2.05, 4.69) is 9.97 Å². The van der Waals surface area contributed by atoms with Crippen LogP contribution in [0, 0.1) is 5.92 Å². The lowest BCUT2D eigenvalue weighted by molar-refractivity contribution is 0.0694. The average molecular weight is 375 g/mol. The number of imidazole rings is 1. The molecule has 2 heterocycles. The predicted octanol–water partition coefficient (Wildman–Crippen LogP) is 3.48. The molecule has 6 nitrogen and oxygen atoms in total. The van der Waals surface area contributed by atoms with Crippen LogP contribution in [-0.2, 0) is 6.42 Å². The van der Waals surface area contributed by atoms with Crippen LogP contribution in [0.15, 0.2) is 60.9 Å². The van der Waals surface area contributed by atoms with Crippen molar-refractivity contribution in [3.8, 4) is 11.3 Å². The van der Waals surface area contributed by atoms with Gasteiger partial charge in [-0.2, -0.15) is 0 Å². The van der Waals surface area contributed by atoms with E-state index in [1.807, 2.05) is 47.4 Å². The van der Waals surface area contributed by atoms with Gasteiger partial charge in [0.1, 0.15) is 11.4 Å². The molecule has 1 atom stereocenters. The van der Waals surface area contributed by atoms with Gasteiger partial charge in [-0.05, 0) is 30.4 Å². The van der Waals surface area contributed by atoms with Crippen molar-refractivity contribution in [1.29, 1.82) is 0 Å². The van der Waals surface area contributed by atoms with E-state index < -0.39 is 5.97 Å². The third-order valence-corrected chi connectivity index (χ3v) is 5.23. The van der Waals surface area contributed by atoms with Gasteiger partial charge in [0.05, 0.1) is 11.9 Å². The summed E-state index contributed by atoms with van der Waals surface area (Å²) in [6, 6.07) is 16.7. The Kier molecular flexibility index (Phi) is 4.93. The number of aromatic carboxylic acids is 1. The maximum Gasteiger partial charge on any atom is 0.335 e. The molecule has 0 spiro atoms. The van der Waals surface area contributed by atoms with Gasteiger partial charge in [-0.1, -0.05) is 48.5 Å². The van der Waals surface area contributed by atoms with Gasteiger partial charge in [-0.3, -0.25) is 4.79 Å². The highest BCUT2D eigenvalue weighted by molar-refractivity contribution is 5.98. The quantitative estimate of drug-likeness (QED) is 0.715. The van der Waals surface area contributed by atoms with Gasteiger partial charge in [-0.15, -0.1) is 0 Å². The molecule has 1 saturated heterocycles. The van der Waals surface area contributed by atoms with E-state index >= 15 is 0 Å². The summed E-state index contributed by atoms with van der Waals surface area (Å²) in [5, 5.41) is 9.37. The molecule has 1 fully saturated rings. The highest BCUT2D eigenvalue weighted by Crippen LogP contribution is 2.26. The largest absolute Gasteiger partial charge is 0.478 e. The van der Waals surface area contributed by atoms with Crippen LogP contribution < -0.4 is 0 Å². The fraction of sp³-hybridized carbons (Fsp3) is 0.227. The van der Waals surface area contributed by atoms with Crippen molar-refractivity contribution in [3.63, 3.8) is 0 Å². The first-order chi connectivity index (χ1) is 13.6. The van der Waals surface area contributed by atoms with E-state index in [9.17, 15) is 14.7 Å². The monoisotopic (exact) mass is 375 g/mol. The first kappa shape index (κ1) is 18.0. The van der Waals surface area contributed by atoms with Gasteiger partial charge in [-0.25, -0.2) is 9.78 Å². The number of hydrogen-bond donors (Lipinski definition) is 2. The van der Waals surface area contributed by atoms with Gasteiger partial charge in [0.25, 0.3) is 5.91 Å². The van der Waals surface area contributed by atoms with E-state index in [0.717, 1.165) is 17.5 Å². The van der Waals surface area contributed by atoms with Crippen molar-refractivity contribution in [3.05, 3.63) is 77.7 Å². The second kappa shape index (κ2) is 7.68. The van der Waals surface area contributed by atoms with Crippen molar-refractivity contribution in [1.82, 2.24) is 14.9 Å². The van der Waals surface area contributed by atoms with Crippen LogP contribution in [0.4, 0.5) is 0 Å². The summed E-state index contributed by atoms with van der Waals surface area (Å²) >= 11 is 0. The predicted molar refractivity (Wildman–Crippen MR) is 105 cm³/mol. The summed E-state index contributed by atoms with van der Waals surface area (Å²) in [5.41, 5.74) is 3.22. The number of carboxylic acid groups (broad SMARTS) is 1. The smallest absolute Gasteiger partial charge is 0.335 e. The Morgan fingerprint density at radius 3 is 2.64 bits per heavy atom. The Hall–Kier alpha value is -3.41. The molecule has 3 aromatic rings. The van der Waals surface area contributed by atoms with Gasteiger partial charge in [0, 0.05) is 18.7 Å². The van der Waals surface area contributed by atoms with Crippen molar-refractivity contribution >= 4 is 11.9 Å². The number of carbonyl (C=O) groups excluding carboxylic acids is 1. The number of aromatic amines is 1. The minimum atomic E-state index is -0.911. The Bertz CT molecular complexity index is 997. The molecular formula is C22H21N3O3. The summed E-state index contributed by atoms with van der Waals surface area (Å²) in [6.45, 7) is 1.27. The third-order valence-electron chi connectivity index (χ3n) is 5.23.